The number of halogens is 1. The minimum Gasteiger partial charge on any atom is -0.480 e. The Hall–Kier alpha value is -0.170. The Kier molecular flexibility index (Phi) is 3.07. The molecule has 0 heterocycles. The Labute approximate surface area is 67.0 Å². The molecule has 0 spiro atoms. The van der Waals surface area contributed by atoms with Gasteiger partial charge in [0, 0.05) is 0 Å². The SMILES string of the molecule is C=C(Cl)OC1CCCCC1. The van der Waals surface area contributed by atoms with Crippen LogP contribution in [-0.4, -0.2) is 6.10 Å². The van der Waals surface area contributed by atoms with Gasteiger partial charge >= 0.3 is 0 Å². The molecule has 0 aromatic carbocycles. The molecule has 0 atom stereocenters. The molecule has 0 unspecified atom stereocenters. The highest BCUT2D eigenvalue weighted by Crippen LogP contribution is 2.22. The van der Waals surface area contributed by atoms with Crippen LogP contribution in [0.25, 0.3) is 0 Å². The molecule has 1 saturated carbocycles. The Morgan fingerprint density at radius 1 is 1.30 bits per heavy atom. The lowest BCUT2D eigenvalue weighted by molar-refractivity contribution is 0.0982. The van der Waals surface area contributed by atoms with Crippen LogP contribution in [0.5, 0.6) is 0 Å². The standard InChI is InChI=1S/C8H13ClO/c1-7(9)10-8-5-3-2-4-6-8/h8H,1-6H2. The predicted octanol–water partition coefficient (Wildman–Crippen LogP) is 3.05. The Bertz CT molecular complexity index is 116. The first kappa shape index (κ1) is 7.93. The van der Waals surface area contributed by atoms with Crippen molar-refractivity contribution in [2.45, 2.75) is 38.2 Å². The summed E-state index contributed by atoms with van der Waals surface area (Å²) in [6.45, 7) is 3.49. The van der Waals surface area contributed by atoms with Crippen LogP contribution in [0.3, 0.4) is 0 Å². The van der Waals surface area contributed by atoms with E-state index in [-0.39, 0.29) is 0 Å². The van der Waals surface area contributed by atoms with Crippen molar-refractivity contribution in [2.24, 2.45) is 0 Å². The van der Waals surface area contributed by atoms with Gasteiger partial charge in [0.25, 0.3) is 0 Å². The maximum atomic E-state index is 5.49. The molecule has 0 saturated heterocycles. The topological polar surface area (TPSA) is 9.23 Å². The summed E-state index contributed by atoms with van der Waals surface area (Å²) in [5.41, 5.74) is 0. The van der Waals surface area contributed by atoms with Gasteiger partial charge in [0.1, 0.15) is 0 Å². The fourth-order valence-corrected chi connectivity index (χ4v) is 1.49. The van der Waals surface area contributed by atoms with Gasteiger partial charge in [0.2, 0.25) is 0 Å². The third-order valence-electron chi connectivity index (χ3n) is 1.85. The maximum absolute atomic E-state index is 5.49. The second-order valence-corrected chi connectivity index (χ2v) is 3.15. The van der Waals surface area contributed by atoms with Crippen molar-refractivity contribution in [2.75, 3.05) is 0 Å². The summed E-state index contributed by atoms with van der Waals surface area (Å²) in [6.07, 6.45) is 6.52. The van der Waals surface area contributed by atoms with E-state index in [0.717, 1.165) is 12.8 Å². The summed E-state index contributed by atoms with van der Waals surface area (Å²) < 4.78 is 5.26. The molecule has 10 heavy (non-hydrogen) atoms. The molecular formula is C8H13ClO. The van der Waals surface area contributed by atoms with Crippen LogP contribution in [0.4, 0.5) is 0 Å². The van der Waals surface area contributed by atoms with E-state index in [0.29, 0.717) is 11.3 Å². The van der Waals surface area contributed by atoms with Crippen molar-refractivity contribution < 1.29 is 4.74 Å². The highest BCUT2D eigenvalue weighted by atomic mass is 35.5. The fourth-order valence-electron chi connectivity index (χ4n) is 1.36. The van der Waals surface area contributed by atoms with Crippen molar-refractivity contribution in [1.29, 1.82) is 0 Å². The molecule has 1 fully saturated rings. The molecular weight excluding hydrogens is 148 g/mol. The monoisotopic (exact) mass is 160 g/mol. The molecule has 1 aliphatic carbocycles. The molecule has 0 bridgehead atoms. The lowest BCUT2D eigenvalue weighted by atomic mass is 9.98. The molecule has 0 amide bonds. The van der Waals surface area contributed by atoms with Gasteiger partial charge in [-0.25, -0.2) is 0 Å². The van der Waals surface area contributed by atoms with E-state index in [1.54, 1.807) is 0 Å². The minimum atomic E-state index is 0.340. The van der Waals surface area contributed by atoms with E-state index in [1.165, 1.54) is 19.3 Å². The smallest absolute Gasteiger partial charge is 0.179 e. The molecule has 58 valence electrons. The van der Waals surface area contributed by atoms with Crippen LogP contribution >= 0.6 is 11.6 Å². The van der Waals surface area contributed by atoms with Gasteiger partial charge in [-0.3, -0.25) is 0 Å². The number of hydrogen-bond donors (Lipinski definition) is 0. The molecule has 0 aliphatic heterocycles. The van der Waals surface area contributed by atoms with Crippen LogP contribution in [0, 0.1) is 0 Å². The van der Waals surface area contributed by atoms with E-state index >= 15 is 0 Å². The molecule has 1 rings (SSSR count). The zero-order valence-electron chi connectivity index (χ0n) is 6.11. The normalized spacial score (nSPS) is 20.5. The van der Waals surface area contributed by atoms with Gasteiger partial charge in [-0.2, -0.15) is 0 Å². The van der Waals surface area contributed by atoms with Crippen LogP contribution < -0.4 is 0 Å². The summed E-state index contributed by atoms with van der Waals surface area (Å²) in [5, 5.41) is 0.340. The first-order chi connectivity index (χ1) is 4.79. The molecule has 2 heteroatoms. The summed E-state index contributed by atoms with van der Waals surface area (Å²) in [4.78, 5) is 0. The second kappa shape index (κ2) is 3.87. The summed E-state index contributed by atoms with van der Waals surface area (Å²) in [5.74, 6) is 0. The molecule has 0 radical (unpaired) electrons. The minimum absolute atomic E-state index is 0.340. The fraction of sp³-hybridized carbons (Fsp3) is 0.750. The first-order valence-electron chi connectivity index (χ1n) is 3.80. The summed E-state index contributed by atoms with van der Waals surface area (Å²) in [7, 11) is 0. The maximum Gasteiger partial charge on any atom is 0.179 e. The molecule has 0 aromatic heterocycles. The Balaban J connectivity index is 2.19. The number of rotatable bonds is 2. The van der Waals surface area contributed by atoms with Crippen LogP contribution in [0.2, 0.25) is 0 Å². The molecule has 1 aliphatic rings. The van der Waals surface area contributed by atoms with Crippen molar-refractivity contribution in [3.63, 3.8) is 0 Å². The van der Waals surface area contributed by atoms with E-state index in [4.69, 9.17) is 16.3 Å². The quantitative estimate of drug-likeness (QED) is 0.565. The van der Waals surface area contributed by atoms with Gasteiger partial charge < -0.3 is 4.74 Å². The average molecular weight is 161 g/mol. The highest BCUT2D eigenvalue weighted by molar-refractivity contribution is 6.27. The Morgan fingerprint density at radius 3 is 2.40 bits per heavy atom. The largest absolute Gasteiger partial charge is 0.480 e. The van der Waals surface area contributed by atoms with E-state index < -0.39 is 0 Å². The van der Waals surface area contributed by atoms with E-state index in [9.17, 15) is 0 Å². The van der Waals surface area contributed by atoms with Gasteiger partial charge in [-0.1, -0.05) is 6.42 Å². The lowest BCUT2D eigenvalue weighted by Gasteiger charge is -2.21. The van der Waals surface area contributed by atoms with Crippen molar-refractivity contribution >= 4 is 11.6 Å². The van der Waals surface area contributed by atoms with Gasteiger partial charge in [-0.05, 0) is 43.9 Å². The number of ether oxygens (including phenoxy) is 1. The van der Waals surface area contributed by atoms with Gasteiger partial charge in [0.05, 0.1) is 6.10 Å². The second-order valence-electron chi connectivity index (χ2n) is 2.73. The van der Waals surface area contributed by atoms with Crippen molar-refractivity contribution in [3.8, 4) is 0 Å². The summed E-state index contributed by atoms with van der Waals surface area (Å²) >= 11 is 5.49. The van der Waals surface area contributed by atoms with Crippen LogP contribution in [0.1, 0.15) is 32.1 Å². The molecule has 0 aromatic rings. The van der Waals surface area contributed by atoms with Crippen LogP contribution in [0.15, 0.2) is 11.8 Å². The number of hydrogen-bond acceptors (Lipinski definition) is 1. The zero-order valence-corrected chi connectivity index (χ0v) is 6.86. The highest BCUT2D eigenvalue weighted by Gasteiger charge is 2.13. The van der Waals surface area contributed by atoms with Crippen molar-refractivity contribution in [1.82, 2.24) is 0 Å². The third-order valence-corrected chi connectivity index (χ3v) is 1.94. The average Bonchev–Trinajstić information content (AvgIpc) is 1.88. The van der Waals surface area contributed by atoms with Gasteiger partial charge in [-0.15, -0.1) is 0 Å². The predicted molar refractivity (Wildman–Crippen MR) is 43.0 cm³/mol. The Morgan fingerprint density at radius 2 is 1.90 bits per heavy atom. The van der Waals surface area contributed by atoms with E-state index in [2.05, 4.69) is 6.58 Å². The van der Waals surface area contributed by atoms with Crippen LogP contribution in [-0.2, 0) is 4.74 Å². The molecule has 0 N–H and O–H groups in total. The first-order valence-corrected chi connectivity index (χ1v) is 4.18. The molecule has 1 nitrogen and oxygen atoms in total. The lowest BCUT2D eigenvalue weighted by Crippen LogP contribution is -2.14. The third kappa shape index (κ3) is 2.61. The zero-order chi connectivity index (χ0) is 7.40. The van der Waals surface area contributed by atoms with E-state index in [1.807, 2.05) is 0 Å². The van der Waals surface area contributed by atoms with Crippen molar-refractivity contribution in [3.05, 3.63) is 11.8 Å². The van der Waals surface area contributed by atoms with Gasteiger partial charge in [0.15, 0.2) is 5.22 Å². The summed E-state index contributed by atoms with van der Waals surface area (Å²) in [6, 6.07) is 0.